The lowest BCUT2D eigenvalue weighted by atomic mass is 10.2. The summed E-state index contributed by atoms with van der Waals surface area (Å²) in [6, 6.07) is 17.8. The third kappa shape index (κ3) is 5.55. The van der Waals surface area contributed by atoms with Crippen LogP contribution in [0.3, 0.4) is 0 Å². The molecule has 3 rings (SSSR count). The lowest BCUT2D eigenvalue weighted by molar-refractivity contribution is -0.925. The Morgan fingerprint density at radius 2 is 1.89 bits per heavy atom. The molecule has 0 radical (unpaired) electrons. The molecule has 0 spiro atoms. The summed E-state index contributed by atoms with van der Waals surface area (Å²) in [7, 11) is 0. The summed E-state index contributed by atoms with van der Waals surface area (Å²) in [6.45, 7) is 7.68. The molecular weight excluding hydrogens is 338 g/mol. The molecule has 1 aliphatic heterocycles. The van der Waals surface area contributed by atoms with Crippen LogP contribution in [0, 0.1) is 0 Å². The minimum atomic E-state index is -0.0936. The van der Waals surface area contributed by atoms with Crippen LogP contribution in [-0.4, -0.2) is 37.6 Å². The molecule has 1 unspecified atom stereocenters. The highest BCUT2D eigenvalue weighted by Crippen LogP contribution is 2.22. The first-order chi connectivity index (χ1) is 13.2. The summed E-state index contributed by atoms with van der Waals surface area (Å²) in [5, 5.41) is 5.18. The smallest absolute Gasteiger partial charge is 0.282 e. The van der Waals surface area contributed by atoms with Crippen molar-refractivity contribution in [3.63, 3.8) is 0 Å². The number of nitrogens with one attached hydrogen (secondary N) is 2. The van der Waals surface area contributed by atoms with Gasteiger partial charge in [-0.25, -0.2) is 0 Å². The van der Waals surface area contributed by atoms with Crippen LogP contribution in [0.2, 0.25) is 0 Å². The normalized spacial score (nSPS) is 20.2. The van der Waals surface area contributed by atoms with Crippen LogP contribution in [0.15, 0.2) is 54.6 Å². The van der Waals surface area contributed by atoms with Crippen LogP contribution in [0.4, 0.5) is 5.69 Å². The van der Waals surface area contributed by atoms with Gasteiger partial charge in [0.05, 0.1) is 13.1 Å². The second-order valence-corrected chi connectivity index (χ2v) is 7.29. The zero-order chi connectivity index (χ0) is 19.1. The van der Waals surface area contributed by atoms with Crippen molar-refractivity contribution in [3.05, 3.63) is 54.6 Å². The monoisotopic (exact) mass is 369 g/mol. The molecule has 0 aliphatic carbocycles. The van der Waals surface area contributed by atoms with E-state index in [9.17, 15) is 4.79 Å². The zero-order valence-corrected chi connectivity index (χ0v) is 16.3. The standard InChI is InChI=1S/C22H29N3O2/c1-3-25-15-7-8-19(25)16-23-17(2)22(26)24-18-11-13-21(14-12-18)27-20-9-5-4-6-10-20/h4-6,9-14,17,19,23H,3,7-8,15-16H2,1-2H3,(H,24,26)/p+2/t17-,19+/m0/s1. The van der Waals surface area contributed by atoms with Gasteiger partial charge < -0.3 is 20.3 Å². The summed E-state index contributed by atoms with van der Waals surface area (Å²) in [4.78, 5) is 14.1. The van der Waals surface area contributed by atoms with Crippen LogP contribution in [0.5, 0.6) is 11.5 Å². The molecule has 5 heteroatoms. The molecule has 4 N–H and O–H groups in total. The highest BCUT2D eigenvalue weighted by Gasteiger charge is 2.29. The van der Waals surface area contributed by atoms with Gasteiger partial charge in [0.1, 0.15) is 24.1 Å². The van der Waals surface area contributed by atoms with Crippen molar-refractivity contribution in [2.75, 3.05) is 25.0 Å². The number of carbonyl (C=O) groups is 1. The van der Waals surface area contributed by atoms with E-state index in [1.807, 2.05) is 61.5 Å². The van der Waals surface area contributed by atoms with E-state index in [-0.39, 0.29) is 11.9 Å². The number of quaternary nitrogens is 2. The van der Waals surface area contributed by atoms with E-state index < -0.39 is 0 Å². The molecule has 2 aromatic carbocycles. The zero-order valence-electron chi connectivity index (χ0n) is 16.3. The number of likely N-dealkylation sites (N-methyl/N-ethyl adjacent to an activating group) is 1. The SMILES string of the molecule is CC[NH+]1CCC[C@@H]1C[NH2+][C@@H](C)C(=O)Nc1ccc(Oc2ccccc2)cc1. The highest BCUT2D eigenvalue weighted by atomic mass is 16.5. The maximum atomic E-state index is 12.5. The Morgan fingerprint density at radius 1 is 1.19 bits per heavy atom. The molecule has 0 bridgehead atoms. The van der Waals surface area contributed by atoms with Crippen molar-refractivity contribution in [1.82, 2.24) is 0 Å². The molecule has 144 valence electrons. The van der Waals surface area contributed by atoms with Gasteiger partial charge in [-0.05, 0) is 50.2 Å². The number of likely N-dealkylation sites (tertiary alicyclic amines) is 1. The number of amides is 1. The van der Waals surface area contributed by atoms with Crippen LogP contribution >= 0.6 is 0 Å². The summed E-state index contributed by atoms with van der Waals surface area (Å²) < 4.78 is 5.78. The molecule has 0 saturated carbocycles. The van der Waals surface area contributed by atoms with E-state index >= 15 is 0 Å². The Balaban J connectivity index is 1.47. The van der Waals surface area contributed by atoms with Gasteiger partial charge >= 0.3 is 0 Å². The van der Waals surface area contributed by atoms with E-state index in [0.29, 0.717) is 6.04 Å². The van der Waals surface area contributed by atoms with Crippen molar-refractivity contribution in [2.45, 2.75) is 38.8 Å². The molecule has 5 nitrogen and oxygen atoms in total. The molecule has 2 aromatic rings. The van der Waals surface area contributed by atoms with Gasteiger partial charge in [0.2, 0.25) is 0 Å². The molecule has 1 fully saturated rings. The Hall–Kier alpha value is -2.37. The lowest BCUT2D eigenvalue weighted by Gasteiger charge is -2.20. The average molecular weight is 370 g/mol. The molecule has 1 amide bonds. The molecule has 0 aromatic heterocycles. The largest absolute Gasteiger partial charge is 0.457 e. The predicted octanol–water partition coefficient (Wildman–Crippen LogP) is 1.44. The van der Waals surface area contributed by atoms with E-state index in [4.69, 9.17) is 4.74 Å². The molecule has 27 heavy (non-hydrogen) atoms. The fraction of sp³-hybridized carbons (Fsp3) is 0.409. The van der Waals surface area contributed by atoms with Crippen molar-refractivity contribution < 1.29 is 19.7 Å². The topological polar surface area (TPSA) is 59.4 Å². The minimum absolute atomic E-state index is 0.0442. The number of carbonyl (C=O) groups excluding carboxylic acids is 1. The predicted molar refractivity (Wildman–Crippen MR) is 107 cm³/mol. The van der Waals surface area contributed by atoms with Gasteiger partial charge in [-0.2, -0.15) is 0 Å². The molecule has 1 heterocycles. The quantitative estimate of drug-likeness (QED) is 0.659. The summed E-state index contributed by atoms with van der Waals surface area (Å²) in [6.07, 6.45) is 2.58. The highest BCUT2D eigenvalue weighted by molar-refractivity contribution is 5.93. The van der Waals surface area contributed by atoms with E-state index in [1.54, 1.807) is 4.90 Å². The molecule has 1 aliphatic rings. The number of hydrogen-bond donors (Lipinski definition) is 3. The first kappa shape index (κ1) is 19.4. The van der Waals surface area contributed by atoms with Gasteiger partial charge in [-0.15, -0.1) is 0 Å². The number of anilines is 1. The summed E-state index contributed by atoms with van der Waals surface area (Å²) >= 11 is 0. The van der Waals surface area contributed by atoms with Gasteiger partial charge in [0.15, 0.2) is 6.04 Å². The van der Waals surface area contributed by atoms with E-state index in [1.165, 1.54) is 25.9 Å². The number of hydrogen-bond acceptors (Lipinski definition) is 2. The number of para-hydroxylation sites is 1. The Kier molecular flexibility index (Phi) is 6.85. The molecular formula is C22H31N3O2+2. The van der Waals surface area contributed by atoms with Crippen LogP contribution < -0.4 is 20.3 Å². The summed E-state index contributed by atoms with van der Waals surface area (Å²) in [5.41, 5.74) is 0.794. The van der Waals surface area contributed by atoms with Crippen LogP contribution in [0.25, 0.3) is 0 Å². The van der Waals surface area contributed by atoms with Gasteiger partial charge in [-0.1, -0.05) is 18.2 Å². The number of nitrogens with two attached hydrogens (primary N) is 1. The van der Waals surface area contributed by atoms with Gasteiger partial charge in [0, 0.05) is 18.5 Å². The number of ether oxygens (including phenoxy) is 1. The Labute approximate surface area is 161 Å². The Morgan fingerprint density at radius 3 is 2.59 bits per heavy atom. The van der Waals surface area contributed by atoms with Crippen molar-refractivity contribution in [3.8, 4) is 11.5 Å². The van der Waals surface area contributed by atoms with Gasteiger partial charge in [-0.3, -0.25) is 4.79 Å². The van der Waals surface area contributed by atoms with Crippen molar-refractivity contribution in [2.24, 2.45) is 0 Å². The average Bonchev–Trinajstić information content (AvgIpc) is 3.16. The minimum Gasteiger partial charge on any atom is -0.457 e. The number of rotatable bonds is 8. The molecule has 3 atom stereocenters. The maximum absolute atomic E-state index is 12.5. The third-order valence-corrected chi connectivity index (χ3v) is 5.37. The van der Waals surface area contributed by atoms with E-state index in [2.05, 4.69) is 17.6 Å². The van der Waals surface area contributed by atoms with Crippen molar-refractivity contribution >= 4 is 11.6 Å². The van der Waals surface area contributed by atoms with E-state index in [0.717, 1.165) is 23.7 Å². The first-order valence-corrected chi connectivity index (χ1v) is 9.97. The summed E-state index contributed by atoms with van der Waals surface area (Å²) in [5.74, 6) is 1.60. The number of benzene rings is 2. The fourth-order valence-corrected chi connectivity index (χ4v) is 3.70. The molecule has 1 saturated heterocycles. The maximum Gasteiger partial charge on any atom is 0.282 e. The second-order valence-electron chi connectivity index (χ2n) is 7.29. The van der Waals surface area contributed by atoms with Crippen LogP contribution in [-0.2, 0) is 4.79 Å². The lowest BCUT2D eigenvalue weighted by Crippen LogP contribution is -3.16. The van der Waals surface area contributed by atoms with Gasteiger partial charge in [0.25, 0.3) is 5.91 Å². The fourth-order valence-electron chi connectivity index (χ4n) is 3.70. The Bertz CT molecular complexity index is 718. The van der Waals surface area contributed by atoms with Crippen molar-refractivity contribution in [1.29, 1.82) is 0 Å². The third-order valence-electron chi connectivity index (χ3n) is 5.37. The first-order valence-electron chi connectivity index (χ1n) is 9.97. The van der Waals surface area contributed by atoms with Crippen LogP contribution in [0.1, 0.15) is 26.7 Å². The second kappa shape index (κ2) is 9.53.